The van der Waals surface area contributed by atoms with Crippen LogP contribution in [0.2, 0.25) is 0 Å². The molecule has 0 unspecified atom stereocenters. The van der Waals surface area contributed by atoms with Gasteiger partial charge in [0, 0.05) is 61.4 Å². The molecule has 0 bridgehead atoms. The van der Waals surface area contributed by atoms with Crippen molar-refractivity contribution in [2.45, 2.75) is 38.9 Å². The molecule has 284 valence electrons. The summed E-state index contributed by atoms with van der Waals surface area (Å²) in [6.45, 7) is 6.26. The molecule has 12 heteroatoms. The lowest BCUT2D eigenvalue weighted by molar-refractivity contribution is 0.201. The Balaban J connectivity index is 0.00000252. The van der Waals surface area contributed by atoms with Crippen molar-refractivity contribution in [1.82, 2.24) is 14.9 Å². The number of ether oxygens (including phenoxy) is 5. The van der Waals surface area contributed by atoms with Crippen molar-refractivity contribution in [3.05, 3.63) is 108 Å². The Labute approximate surface area is 331 Å². The van der Waals surface area contributed by atoms with E-state index < -0.39 is 0 Å². The van der Waals surface area contributed by atoms with Gasteiger partial charge in [-0.1, -0.05) is 0 Å². The maximum absolute atomic E-state index is 5.64. The molecule has 9 nitrogen and oxygen atoms in total. The zero-order valence-electron chi connectivity index (χ0n) is 30.8. The summed E-state index contributed by atoms with van der Waals surface area (Å²) in [5.74, 6) is 3.51. The summed E-state index contributed by atoms with van der Waals surface area (Å²) in [4.78, 5) is 14.4. The molecular formula is C41H49Cl3N4O5. The number of likely N-dealkylation sites (tertiary alicyclic amines) is 1. The van der Waals surface area contributed by atoms with E-state index in [1.165, 1.54) is 16.8 Å². The molecule has 3 heterocycles. The van der Waals surface area contributed by atoms with Gasteiger partial charge in [-0.15, -0.1) is 37.2 Å². The lowest BCUT2D eigenvalue weighted by atomic mass is 10.00. The Morgan fingerprint density at radius 1 is 0.642 bits per heavy atom. The molecule has 53 heavy (non-hydrogen) atoms. The van der Waals surface area contributed by atoms with E-state index in [0.717, 1.165) is 73.0 Å². The van der Waals surface area contributed by atoms with E-state index in [4.69, 9.17) is 28.7 Å². The third kappa shape index (κ3) is 10.6. The van der Waals surface area contributed by atoms with Gasteiger partial charge in [0.1, 0.15) is 11.5 Å². The molecule has 0 atom stereocenters. The van der Waals surface area contributed by atoms with Crippen molar-refractivity contribution in [2.24, 2.45) is 0 Å². The first kappa shape index (κ1) is 43.0. The van der Waals surface area contributed by atoms with Gasteiger partial charge < -0.3 is 28.6 Å². The molecule has 2 aromatic heterocycles. The Morgan fingerprint density at radius 2 is 1.21 bits per heavy atom. The topological polar surface area (TPSA) is 78.4 Å². The molecule has 0 spiro atoms. The molecule has 0 amide bonds. The Hall–Kier alpha value is -4.41. The molecular weight excluding hydrogens is 735 g/mol. The fraction of sp³-hybridized carbons (Fsp3) is 0.317. The molecule has 1 saturated heterocycles. The number of benzene rings is 3. The smallest absolute Gasteiger partial charge is 0.203 e. The van der Waals surface area contributed by atoms with Crippen LogP contribution in [0, 0.1) is 0 Å². The molecule has 6 rings (SSSR count). The fourth-order valence-corrected chi connectivity index (χ4v) is 6.63. The van der Waals surface area contributed by atoms with Gasteiger partial charge in [0.25, 0.3) is 0 Å². The molecule has 0 saturated carbocycles. The van der Waals surface area contributed by atoms with Crippen LogP contribution in [-0.4, -0.2) is 69.0 Å². The minimum absolute atomic E-state index is 0. The van der Waals surface area contributed by atoms with Crippen molar-refractivity contribution in [2.75, 3.05) is 53.0 Å². The van der Waals surface area contributed by atoms with E-state index in [1.807, 2.05) is 55.7 Å². The number of rotatable bonds is 14. The van der Waals surface area contributed by atoms with Crippen LogP contribution in [0.15, 0.2) is 97.3 Å². The summed E-state index contributed by atoms with van der Waals surface area (Å²) < 4.78 is 27.8. The van der Waals surface area contributed by atoms with Crippen molar-refractivity contribution < 1.29 is 23.7 Å². The average molecular weight is 784 g/mol. The van der Waals surface area contributed by atoms with Crippen LogP contribution in [0.3, 0.4) is 0 Å². The summed E-state index contributed by atoms with van der Waals surface area (Å²) in [7, 11) is 6.57. The predicted octanol–water partition coefficient (Wildman–Crippen LogP) is 9.18. The van der Waals surface area contributed by atoms with Gasteiger partial charge in [0.2, 0.25) is 5.75 Å². The quantitative estimate of drug-likeness (QED) is 0.110. The minimum Gasteiger partial charge on any atom is -0.497 e. The summed E-state index contributed by atoms with van der Waals surface area (Å²) >= 11 is 0. The van der Waals surface area contributed by atoms with Crippen molar-refractivity contribution in [3.8, 4) is 51.3 Å². The largest absolute Gasteiger partial charge is 0.497 e. The number of methoxy groups -OCH3 is 4. The molecule has 0 N–H and O–H groups in total. The monoisotopic (exact) mass is 782 g/mol. The summed E-state index contributed by atoms with van der Waals surface area (Å²) in [6, 6.07) is 29.4. The van der Waals surface area contributed by atoms with E-state index in [2.05, 4.69) is 63.3 Å². The van der Waals surface area contributed by atoms with Crippen molar-refractivity contribution in [3.63, 3.8) is 0 Å². The van der Waals surface area contributed by atoms with E-state index >= 15 is 0 Å². The third-order valence-corrected chi connectivity index (χ3v) is 9.23. The first-order valence-corrected chi connectivity index (χ1v) is 17.1. The standard InChI is InChI=1S/C41H46N4O5.3ClH/c1-6-50-36-11-7-31(8-12-36)37-24-30(16-20-42-37)28-45(33-9-13-35(46-2)14-10-33)34-17-21-44(22-18-34)27-29-15-19-43-38(23-29)32-25-39(47-3)41(49-5)40(26-32)48-4;;;/h7-16,19-20,23-26,34H,6,17-18,21-22,27-28H2,1-5H3;3*1H. The Bertz CT molecular complexity index is 1830. The molecule has 0 aliphatic carbocycles. The number of pyridine rings is 2. The molecule has 5 aromatic rings. The van der Waals surface area contributed by atoms with Gasteiger partial charge in [-0.2, -0.15) is 0 Å². The van der Waals surface area contributed by atoms with Crippen molar-refractivity contribution >= 4 is 42.9 Å². The Kier molecular flexibility index (Phi) is 16.8. The second-order valence-electron chi connectivity index (χ2n) is 12.3. The van der Waals surface area contributed by atoms with E-state index in [9.17, 15) is 0 Å². The van der Waals surface area contributed by atoms with Gasteiger partial charge >= 0.3 is 0 Å². The van der Waals surface area contributed by atoms with Gasteiger partial charge in [-0.05, 0) is 116 Å². The zero-order chi connectivity index (χ0) is 34.9. The molecule has 1 aliphatic heterocycles. The van der Waals surface area contributed by atoms with Gasteiger partial charge in [-0.25, -0.2) is 0 Å². The molecule has 1 fully saturated rings. The highest BCUT2D eigenvalue weighted by Gasteiger charge is 2.26. The molecule has 1 aliphatic rings. The fourth-order valence-electron chi connectivity index (χ4n) is 6.63. The lowest BCUT2D eigenvalue weighted by Gasteiger charge is -2.40. The first-order valence-electron chi connectivity index (χ1n) is 17.1. The van der Waals surface area contributed by atoms with Crippen LogP contribution in [-0.2, 0) is 13.1 Å². The summed E-state index contributed by atoms with van der Waals surface area (Å²) in [6.07, 6.45) is 5.89. The van der Waals surface area contributed by atoms with Crippen LogP contribution >= 0.6 is 37.2 Å². The maximum atomic E-state index is 5.64. The first-order chi connectivity index (χ1) is 24.5. The summed E-state index contributed by atoms with van der Waals surface area (Å²) in [5, 5.41) is 0. The van der Waals surface area contributed by atoms with Crippen LogP contribution in [0.25, 0.3) is 22.5 Å². The number of hydrogen-bond donors (Lipinski definition) is 0. The highest BCUT2D eigenvalue weighted by molar-refractivity contribution is 5.86. The molecule has 0 radical (unpaired) electrons. The lowest BCUT2D eigenvalue weighted by Crippen LogP contribution is -2.44. The van der Waals surface area contributed by atoms with Crippen LogP contribution in [0.4, 0.5) is 5.69 Å². The number of halogens is 3. The van der Waals surface area contributed by atoms with E-state index in [0.29, 0.717) is 29.9 Å². The van der Waals surface area contributed by atoms with E-state index in [-0.39, 0.29) is 37.2 Å². The highest BCUT2D eigenvalue weighted by atomic mass is 35.5. The predicted molar refractivity (Wildman–Crippen MR) is 219 cm³/mol. The van der Waals surface area contributed by atoms with Crippen LogP contribution in [0.1, 0.15) is 30.9 Å². The van der Waals surface area contributed by atoms with Gasteiger partial charge in [0.05, 0.1) is 46.4 Å². The SMILES string of the molecule is CCOc1ccc(-c2cc(CN(c3ccc(OC)cc3)C3CCN(Cc4ccnc(-c5cc(OC)c(OC)c(OC)c5)c4)CC3)ccn2)cc1.Cl.Cl.Cl. The normalized spacial score (nSPS) is 12.7. The minimum atomic E-state index is 0. The number of hydrogen-bond acceptors (Lipinski definition) is 9. The third-order valence-electron chi connectivity index (χ3n) is 9.23. The number of piperidine rings is 1. The summed E-state index contributed by atoms with van der Waals surface area (Å²) in [5.41, 5.74) is 7.43. The van der Waals surface area contributed by atoms with Crippen LogP contribution < -0.4 is 28.6 Å². The number of anilines is 1. The number of nitrogens with zero attached hydrogens (tertiary/aromatic N) is 4. The average Bonchev–Trinajstić information content (AvgIpc) is 3.17. The second-order valence-corrected chi connectivity index (χ2v) is 12.3. The van der Waals surface area contributed by atoms with Gasteiger partial charge in [-0.3, -0.25) is 14.9 Å². The highest BCUT2D eigenvalue weighted by Crippen LogP contribution is 2.41. The van der Waals surface area contributed by atoms with E-state index in [1.54, 1.807) is 28.4 Å². The maximum Gasteiger partial charge on any atom is 0.203 e. The number of aromatic nitrogens is 2. The van der Waals surface area contributed by atoms with Gasteiger partial charge in [0.15, 0.2) is 11.5 Å². The Morgan fingerprint density at radius 3 is 1.77 bits per heavy atom. The second kappa shape index (κ2) is 20.7. The van der Waals surface area contributed by atoms with Crippen molar-refractivity contribution in [1.29, 1.82) is 0 Å². The zero-order valence-corrected chi connectivity index (χ0v) is 33.3. The van der Waals surface area contributed by atoms with Crippen LogP contribution in [0.5, 0.6) is 28.7 Å². The molecule has 3 aromatic carbocycles.